The molecule has 0 spiro atoms. The van der Waals surface area contributed by atoms with Gasteiger partial charge in [0, 0.05) is 36.5 Å². The van der Waals surface area contributed by atoms with E-state index in [1.807, 2.05) is 6.92 Å². The van der Waals surface area contributed by atoms with Gasteiger partial charge >= 0.3 is 0 Å². The first-order valence-electron chi connectivity index (χ1n) is 9.19. The molecule has 2 aromatic heterocycles. The average Bonchev–Trinajstić information content (AvgIpc) is 3.15. The lowest BCUT2D eigenvalue weighted by Crippen LogP contribution is -2.45. The van der Waals surface area contributed by atoms with Gasteiger partial charge in [-0.05, 0) is 31.7 Å². The van der Waals surface area contributed by atoms with Crippen molar-refractivity contribution in [3.63, 3.8) is 0 Å². The molecule has 1 atom stereocenters. The Balaban J connectivity index is 1.49. The Morgan fingerprint density at radius 2 is 2.22 bits per heavy atom. The minimum Gasteiger partial charge on any atom is -0.353 e. The summed E-state index contributed by atoms with van der Waals surface area (Å²) in [6.07, 6.45) is 4.08. The van der Waals surface area contributed by atoms with Gasteiger partial charge in [0.05, 0.1) is 5.92 Å². The number of piperidine rings is 1. The third-order valence-corrected chi connectivity index (χ3v) is 8.16. The van der Waals surface area contributed by atoms with Crippen molar-refractivity contribution in [2.75, 3.05) is 13.1 Å². The summed E-state index contributed by atoms with van der Waals surface area (Å²) in [4.78, 5) is 16.6. The lowest BCUT2D eigenvalue weighted by atomic mass is 9.99. The molecular formula is C17H22N4O4S2. The van der Waals surface area contributed by atoms with E-state index in [1.165, 1.54) is 4.31 Å². The fourth-order valence-corrected chi connectivity index (χ4v) is 5.97. The molecule has 1 amide bonds. The molecule has 0 unspecified atom stereocenters. The summed E-state index contributed by atoms with van der Waals surface area (Å²) in [6, 6.07) is 1.87. The van der Waals surface area contributed by atoms with Gasteiger partial charge in [-0.15, -0.1) is 11.3 Å². The number of sulfonamides is 1. The van der Waals surface area contributed by atoms with Gasteiger partial charge in [-0.3, -0.25) is 4.79 Å². The topological polar surface area (TPSA) is 105 Å². The van der Waals surface area contributed by atoms with E-state index < -0.39 is 10.0 Å². The molecule has 0 radical (unpaired) electrons. The summed E-state index contributed by atoms with van der Waals surface area (Å²) < 4.78 is 32.8. The zero-order chi connectivity index (χ0) is 19.0. The summed E-state index contributed by atoms with van der Waals surface area (Å²) >= 11 is 1.14. The number of nitrogens with zero attached hydrogens (tertiary/aromatic N) is 3. The number of thiophene rings is 1. The van der Waals surface area contributed by atoms with Gasteiger partial charge in [-0.25, -0.2) is 8.42 Å². The predicted octanol–water partition coefficient (Wildman–Crippen LogP) is 2.04. The summed E-state index contributed by atoms with van der Waals surface area (Å²) in [5.74, 6) is 0.604. The maximum absolute atomic E-state index is 13.0. The molecular weight excluding hydrogens is 388 g/mol. The number of hydrogen-bond acceptors (Lipinski definition) is 7. The van der Waals surface area contributed by atoms with Crippen molar-refractivity contribution in [1.29, 1.82) is 0 Å². The standard InChI is InChI=1S/C17H22N4O4S2/c1-2-14-19-16(20-25-14)12-8-15(26-10-12)27(23,24)21-7-3-4-11(9-21)17(22)18-13-5-6-13/h8,10-11,13H,2-7,9H2,1H3,(H,18,22)/t11-/m0/s1. The Morgan fingerprint density at radius 3 is 2.93 bits per heavy atom. The Hall–Kier alpha value is -1.78. The van der Waals surface area contributed by atoms with Gasteiger partial charge in [-0.2, -0.15) is 9.29 Å². The van der Waals surface area contributed by atoms with Crippen LogP contribution in [0, 0.1) is 5.92 Å². The number of aryl methyl sites for hydroxylation is 1. The fraction of sp³-hybridized carbons (Fsp3) is 0.588. The van der Waals surface area contributed by atoms with Crippen LogP contribution in [0.15, 0.2) is 20.2 Å². The first-order chi connectivity index (χ1) is 13.0. The number of amides is 1. The molecule has 0 bridgehead atoms. The zero-order valence-electron chi connectivity index (χ0n) is 15.1. The molecule has 1 aliphatic carbocycles. The average molecular weight is 411 g/mol. The second-order valence-electron chi connectivity index (χ2n) is 7.00. The number of nitrogens with one attached hydrogen (secondary N) is 1. The molecule has 3 heterocycles. The summed E-state index contributed by atoms with van der Waals surface area (Å²) in [5, 5.41) is 8.60. The van der Waals surface area contributed by atoms with Crippen molar-refractivity contribution >= 4 is 27.3 Å². The van der Waals surface area contributed by atoms with Gasteiger partial charge in [0.25, 0.3) is 10.0 Å². The maximum Gasteiger partial charge on any atom is 0.252 e. The summed E-state index contributed by atoms with van der Waals surface area (Å²) in [6.45, 7) is 2.58. The third-order valence-electron chi connectivity index (χ3n) is 4.88. The van der Waals surface area contributed by atoms with E-state index in [1.54, 1.807) is 11.4 Å². The van der Waals surface area contributed by atoms with Crippen LogP contribution in [0.25, 0.3) is 11.4 Å². The normalized spacial score (nSPS) is 21.3. The molecule has 2 fully saturated rings. The van der Waals surface area contributed by atoms with Gasteiger partial charge in [0.1, 0.15) is 4.21 Å². The SMILES string of the molecule is CCc1nc(-c2csc(S(=O)(=O)N3CCC[C@H](C(=O)NC4CC4)C3)c2)no1. The molecule has 1 saturated heterocycles. The quantitative estimate of drug-likeness (QED) is 0.781. The van der Waals surface area contributed by atoms with E-state index in [-0.39, 0.29) is 28.6 Å². The third kappa shape index (κ3) is 3.92. The highest BCUT2D eigenvalue weighted by molar-refractivity contribution is 7.91. The summed E-state index contributed by atoms with van der Waals surface area (Å²) in [5.41, 5.74) is 0.627. The Bertz CT molecular complexity index is 932. The first kappa shape index (κ1) is 18.6. The van der Waals surface area contributed by atoms with Crippen molar-refractivity contribution in [3.05, 3.63) is 17.3 Å². The summed E-state index contributed by atoms with van der Waals surface area (Å²) in [7, 11) is -3.64. The molecule has 4 rings (SSSR count). The van der Waals surface area contributed by atoms with E-state index in [2.05, 4.69) is 15.5 Å². The second-order valence-corrected chi connectivity index (χ2v) is 10.1. The first-order valence-corrected chi connectivity index (χ1v) is 11.5. The van der Waals surface area contributed by atoms with Crippen molar-refractivity contribution in [3.8, 4) is 11.4 Å². The molecule has 1 saturated carbocycles. The van der Waals surface area contributed by atoms with Crippen LogP contribution in [0.3, 0.4) is 0 Å². The van der Waals surface area contributed by atoms with E-state index in [9.17, 15) is 13.2 Å². The van der Waals surface area contributed by atoms with Crippen LogP contribution in [0.5, 0.6) is 0 Å². The lowest BCUT2D eigenvalue weighted by Gasteiger charge is -2.30. The van der Waals surface area contributed by atoms with Crippen molar-refractivity contribution in [1.82, 2.24) is 19.8 Å². The van der Waals surface area contributed by atoms with Gasteiger partial charge in [-0.1, -0.05) is 12.1 Å². The van der Waals surface area contributed by atoms with Crippen molar-refractivity contribution in [2.24, 2.45) is 5.92 Å². The minimum atomic E-state index is -3.64. The Labute approximate surface area is 162 Å². The molecule has 2 aliphatic rings. The van der Waals surface area contributed by atoms with Gasteiger partial charge in [0.2, 0.25) is 17.6 Å². The second kappa shape index (κ2) is 7.33. The Kier molecular flexibility index (Phi) is 5.04. The monoisotopic (exact) mass is 410 g/mol. The van der Waals surface area contributed by atoms with Crippen LogP contribution in [0.1, 0.15) is 38.5 Å². The zero-order valence-corrected chi connectivity index (χ0v) is 16.7. The molecule has 146 valence electrons. The van der Waals surface area contributed by atoms with Gasteiger partial charge in [0.15, 0.2) is 0 Å². The number of hydrogen-bond donors (Lipinski definition) is 1. The van der Waals surface area contributed by atoms with Crippen molar-refractivity contribution < 1.29 is 17.7 Å². The molecule has 8 nitrogen and oxygen atoms in total. The number of aromatic nitrogens is 2. The maximum atomic E-state index is 13.0. The highest BCUT2D eigenvalue weighted by Crippen LogP contribution is 2.31. The van der Waals surface area contributed by atoms with E-state index in [4.69, 9.17) is 4.52 Å². The molecule has 27 heavy (non-hydrogen) atoms. The minimum absolute atomic E-state index is 0.0249. The molecule has 1 aliphatic heterocycles. The number of carbonyl (C=O) groups excluding carboxylic acids is 1. The molecule has 0 aromatic carbocycles. The van der Waals surface area contributed by atoms with E-state index >= 15 is 0 Å². The predicted molar refractivity (Wildman–Crippen MR) is 99.6 cm³/mol. The molecule has 2 aromatic rings. The van der Waals surface area contributed by atoms with Crippen LogP contribution >= 0.6 is 11.3 Å². The van der Waals surface area contributed by atoms with Crippen LogP contribution < -0.4 is 5.32 Å². The number of rotatable bonds is 6. The fourth-order valence-electron chi connectivity index (χ4n) is 3.13. The highest BCUT2D eigenvalue weighted by Gasteiger charge is 2.36. The van der Waals surface area contributed by atoms with E-state index in [0.717, 1.165) is 30.6 Å². The van der Waals surface area contributed by atoms with Crippen LogP contribution in [0.2, 0.25) is 0 Å². The van der Waals surface area contributed by atoms with E-state index in [0.29, 0.717) is 36.7 Å². The number of carbonyl (C=O) groups is 1. The lowest BCUT2D eigenvalue weighted by molar-refractivity contribution is -0.126. The van der Waals surface area contributed by atoms with Crippen LogP contribution in [0.4, 0.5) is 0 Å². The van der Waals surface area contributed by atoms with Crippen LogP contribution in [-0.2, 0) is 21.2 Å². The Morgan fingerprint density at radius 1 is 1.41 bits per heavy atom. The molecule has 1 N–H and O–H groups in total. The van der Waals surface area contributed by atoms with Gasteiger partial charge < -0.3 is 9.84 Å². The smallest absolute Gasteiger partial charge is 0.252 e. The highest BCUT2D eigenvalue weighted by atomic mass is 32.2. The largest absolute Gasteiger partial charge is 0.353 e. The van der Waals surface area contributed by atoms with Crippen LogP contribution in [-0.4, -0.2) is 47.9 Å². The molecule has 10 heteroatoms. The van der Waals surface area contributed by atoms with Crippen molar-refractivity contribution in [2.45, 2.75) is 49.3 Å².